The highest BCUT2D eigenvalue weighted by molar-refractivity contribution is 7.99. The fourth-order valence-electron chi connectivity index (χ4n) is 2.79. The summed E-state index contributed by atoms with van der Waals surface area (Å²) in [7, 11) is 0. The maximum absolute atomic E-state index is 12.3. The van der Waals surface area contributed by atoms with Gasteiger partial charge in [0.2, 0.25) is 0 Å². The molecule has 2 aromatic heterocycles. The van der Waals surface area contributed by atoms with Gasteiger partial charge in [0.1, 0.15) is 0 Å². The van der Waals surface area contributed by atoms with Crippen molar-refractivity contribution in [2.45, 2.75) is 5.16 Å². The first-order valence-electron chi connectivity index (χ1n) is 9.43. The van der Waals surface area contributed by atoms with Crippen LogP contribution in [0.2, 0.25) is 10.0 Å². The molecule has 2 heterocycles. The number of hydrogen-bond acceptors (Lipinski definition) is 6. The standard InChI is InChI=1S/C22H16Cl2N6OS/c23-17-5-7-18(8-6-17)30-21(15-9-11-25-12-10-15)28-29-22(30)32-14-20(31)27-26-13-16-3-1-2-4-19(16)24/h1-13H,14H2,(H,27,31)/b26-13+. The predicted octanol–water partition coefficient (Wildman–Crippen LogP) is 4.88. The molecule has 4 rings (SSSR count). The summed E-state index contributed by atoms with van der Waals surface area (Å²) < 4.78 is 1.87. The topological polar surface area (TPSA) is 85.1 Å². The second-order valence-corrected chi connectivity index (χ2v) is 8.24. The van der Waals surface area contributed by atoms with Crippen LogP contribution in [-0.4, -0.2) is 37.6 Å². The minimum Gasteiger partial charge on any atom is -0.272 e. The second-order valence-electron chi connectivity index (χ2n) is 6.46. The third kappa shape index (κ3) is 5.34. The van der Waals surface area contributed by atoms with Crippen molar-refractivity contribution in [2.24, 2.45) is 5.10 Å². The van der Waals surface area contributed by atoms with Crippen LogP contribution in [0.3, 0.4) is 0 Å². The summed E-state index contributed by atoms with van der Waals surface area (Å²) >= 11 is 13.4. The summed E-state index contributed by atoms with van der Waals surface area (Å²) in [5.41, 5.74) is 4.89. The average molecular weight is 483 g/mol. The van der Waals surface area contributed by atoms with E-state index in [-0.39, 0.29) is 11.7 Å². The van der Waals surface area contributed by atoms with E-state index in [1.54, 1.807) is 30.6 Å². The van der Waals surface area contributed by atoms with Crippen LogP contribution in [0.5, 0.6) is 0 Å². The fourth-order valence-corrected chi connectivity index (χ4v) is 3.85. The number of pyridine rings is 1. The van der Waals surface area contributed by atoms with Gasteiger partial charge in [-0.15, -0.1) is 10.2 Å². The molecule has 0 unspecified atom stereocenters. The number of hydrogen-bond donors (Lipinski definition) is 1. The van der Waals surface area contributed by atoms with Gasteiger partial charge in [0.15, 0.2) is 11.0 Å². The van der Waals surface area contributed by atoms with Gasteiger partial charge in [0.05, 0.1) is 12.0 Å². The van der Waals surface area contributed by atoms with Crippen molar-refractivity contribution in [3.63, 3.8) is 0 Å². The lowest BCUT2D eigenvalue weighted by Crippen LogP contribution is -2.20. The first-order chi connectivity index (χ1) is 15.6. The van der Waals surface area contributed by atoms with Gasteiger partial charge in [0, 0.05) is 39.3 Å². The molecule has 1 amide bonds. The molecule has 160 valence electrons. The summed E-state index contributed by atoms with van der Waals surface area (Å²) in [5, 5.41) is 14.3. The van der Waals surface area contributed by atoms with Gasteiger partial charge in [0.25, 0.3) is 5.91 Å². The van der Waals surface area contributed by atoms with Crippen LogP contribution in [0.4, 0.5) is 0 Å². The van der Waals surface area contributed by atoms with Crippen LogP contribution in [0.15, 0.2) is 83.3 Å². The van der Waals surface area contributed by atoms with Crippen LogP contribution in [-0.2, 0) is 4.79 Å². The maximum atomic E-state index is 12.3. The van der Waals surface area contributed by atoms with Crippen molar-refractivity contribution in [2.75, 3.05) is 5.75 Å². The van der Waals surface area contributed by atoms with Crippen molar-refractivity contribution >= 4 is 47.1 Å². The Hall–Kier alpha value is -3.20. The van der Waals surface area contributed by atoms with Gasteiger partial charge < -0.3 is 0 Å². The molecular weight excluding hydrogens is 467 g/mol. The first kappa shape index (κ1) is 22.0. The van der Waals surface area contributed by atoms with Crippen molar-refractivity contribution in [3.05, 3.63) is 88.7 Å². The van der Waals surface area contributed by atoms with E-state index in [4.69, 9.17) is 23.2 Å². The average Bonchev–Trinajstić information content (AvgIpc) is 3.24. The van der Waals surface area contributed by atoms with Gasteiger partial charge in [-0.1, -0.05) is 53.2 Å². The Bertz CT molecular complexity index is 1250. The van der Waals surface area contributed by atoms with Crippen molar-refractivity contribution in [3.8, 4) is 17.1 Å². The van der Waals surface area contributed by atoms with Crippen LogP contribution >= 0.6 is 35.0 Å². The highest BCUT2D eigenvalue weighted by Crippen LogP contribution is 2.28. The van der Waals surface area contributed by atoms with Gasteiger partial charge in [-0.3, -0.25) is 14.3 Å². The number of amides is 1. The summed E-state index contributed by atoms with van der Waals surface area (Å²) in [6.07, 6.45) is 4.88. The SMILES string of the molecule is O=C(CSc1nnc(-c2ccncc2)n1-c1ccc(Cl)cc1)N/N=C/c1ccccc1Cl. The Morgan fingerprint density at radius 3 is 2.53 bits per heavy atom. The number of benzene rings is 2. The number of hydrazone groups is 1. The van der Waals surface area contributed by atoms with E-state index in [9.17, 15) is 4.79 Å². The first-order valence-corrected chi connectivity index (χ1v) is 11.2. The molecule has 2 aromatic carbocycles. The summed E-state index contributed by atoms with van der Waals surface area (Å²) in [5.74, 6) is 0.450. The summed E-state index contributed by atoms with van der Waals surface area (Å²) in [6.45, 7) is 0. The lowest BCUT2D eigenvalue weighted by atomic mass is 10.2. The van der Waals surface area contributed by atoms with E-state index in [0.29, 0.717) is 26.6 Å². The van der Waals surface area contributed by atoms with E-state index in [0.717, 1.165) is 11.3 Å². The van der Waals surface area contributed by atoms with Gasteiger partial charge in [-0.2, -0.15) is 5.10 Å². The Balaban J connectivity index is 1.51. The maximum Gasteiger partial charge on any atom is 0.250 e. The highest BCUT2D eigenvalue weighted by Gasteiger charge is 2.17. The molecule has 0 fully saturated rings. The molecule has 0 aliphatic rings. The number of aromatic nitrogens is 4. The fraction of sp³-hybridized carbons (Fsp3) is 0.0455. The molecule has 10 heteroatoms. The molecule has 0 saturated heterocycles. The largest absolute Gasteiger partial charge is 0.272 e. The van der Waals surface area contributed by atoms with Gasteiger partial charge in [-0.25, -0.2) is 5.43 Å². The molecule has 0 radical (unpaired) electrons. The number of carbonyl (C=O) groups is 1. The monoisotopic (exact) mass is 482 g/mol. The van der Waals surface area contributed by atoms with E-state index < -0.39 is 0 Å². The molecule has 1 N–H and O–H groups in total. The summed E-state index contributed by atoms with van der Waals surface area (Å²) in [6, 6.07) is 18.2. The van der Waals surface area contributed by atoms with Gasteiger partial charge in [-0.05, 0) is 42.5 Å². The number of thioether (sulfide) groups is 1. The van der Waals surface area contributed by atoms with E-state index in [1.165, 1.54) is 18.0 Å². The Kier molecular flexibility index (Phi) is 7.16. The number of carbonyl (C=O) groups excluding carboxylic acids is 1. The smallest absolute Gasteiger partial charge is 0.250 e. The molecule has 0 aliphatic carbocycles. The molecular formula is C22H16Cl2N6OS. The number of nitrogens with zero attached hydrogens (tertiary/aromatic N) is 5. The molecule has 32 heavy (non-hydrogen) atoms. The molecule has 0 aliphatic heterocycles. The third-order valence-electron chi connectivity index (χ3n) is 4.29. The predicted molar refractivity (Wildman–Crippen MR) is 128 cm³/mol. The van der Waals surface area contributed by atoms with E-state index in [2.05, 4.69) is 25.7 Å². The number of halogens is 2. The van der Waals surface area contributed by atoms with Crippen molar-refractivity contribution < 1.29 is 4.79 Å². The molecule has 4 aromatic rings. The van der Waals surface area contributed by atoms with Crippen LogP contribution in [0, 0.1) is 0 Å². The van der Waals surface area contributed by atoms with Crippen LogP contribution < -0.4 is 5.43 Å². The molecule has 0 atom stereocenters. The zero-order chi connectivity index (χ0) is 22.3. The molecule has 0 spiro atoms. The molecule has 0 bridgehead atoms. The van der Waals surface area contributed by atoms with E-state index in [1.807, 2.05) is 47.0 Å². The Morgan fingerprint density at radius 1 is 1.03 bits per heavy atom. The zero-order valence-electron chi connectivity index (χ0n) is 16.5. The van der Waals surface area contributed by atoms with Crippen molar-refractivity contribution in [1.29, 1.82) is 0 Å². The van der Waals surface area contributed by atoms with Crippen LogP contribution in [0.25, 0.3) is 17.1 Å². The summed E-state index contributed by atoms with van der Waals surface area (Å²) in [4.78, 5) is 16.4. The number of nitrogens with one attached hydrogen (secondary N) is 1. The van der Waals surface area contributed by atoms with Crippen LogP contribution in [0.1, 0.15) is 5.56 Å². The minimum absolute atomic E-state index is 0.0991. The number of rotatable bonds is 7. The second kappa shape index (κ2) is 10.4. The minimum atomic E-state index is -0.283. The lowest BCUT2D eigenvalue weighted by Gasteiger charge is -2.10. The van der Waals surface area contributed by atoms with Crippen molar-refractivity contribution in [1.82, 2.24) is 25.2 Å². The third-order valence-corrected chi connectivity index (χ3v) is 5.81. The molecule has 7 nitrogen and oxygen atoms in total. The van der Waals surface area contributed by atoms with E-state index >= 15 is 0 Å². The van der Waals surface area contributed by atoms with Gasteiger partial charge >= 0.3 is 0 Å². The lowest BCUT2D eigenvalue weighted by molar-refractivity contribution is -0.118. The Morgan fingerprint density at radius 2 is 1.78 bits per heavy atom. The normalized spacial score (nSPS) is 11.1. The Labute approximate surface area is 198 Å². The zero-order valence-corrected chi connectivity index (χ0v) is 18.8. The quantitative estimate of drug-likeness (QED) is 0.230. The molecule has 0 saturated carbocycles. The highest BCUT2D eigenvalue weighted by atomic mass is 35.5.